The molecule has 0 bridgehead atoms. The van der Waals surface area contributed by atoms with Crippen LogP contribution in [0.2, 0.25) is 5.02 Å². The number of benzene rings is 2. The summed E-state index contributed by atoms with van der Waals surface area (Å²) < 4.78 is 57.8. The van der Waals surface area contributed by atoms with Crippen molar-refractivity contribution in [3.8, 4) is 0 Å². The van der Waals surface area contributed by atoms with Crippen LogP contribution in [0.25, 0.3) is 0 Å². The molecule has 3 amide bonds. The molecular formula is C25H24ClF4N3O6S. The normalized spacial score (nSPS) is 15.1. The van der Waals surface area contributed by atoms with Gasteiger partial charge in [0.2, 0.25) is 0 Å². The molecule has 1 atom stereocenters. The van der Waals surface area contributed by atoms with Crippen LogP contribution in [-0.4, -0.2) is 54.2 Å². The lowest BCUT2D eigenvalue weighted by Gasteiger charge is -2.27. The number of rotatable bonds is 5. The third-order valence-electron chi connectivity index (χ3n) is 4.95. The minimum absolute atomic E-state index is 0.0151. The van der Waals surface area contributed by atoms with Gasteiger partial charge in [-0.2, -0.15) is 22.8 Å². The van der Waals surface area contributed by atoms with Gasteiger partial charge < -0.3 is 20.3 Å². The van der Waals surface area contributed by atoms with Crippen molar-refractivity contribution >= 4 is 53.1 Å². The van der Waals surface area contributed by atoms with E-state index < -0.39 is 53.7 Å². The predicted octanol–water partition coefficient (Wildman–Crippen LogP) is 4.72. The molecule has 0 saturated carbocycles. The van der Waals surface area contributed by atoms with E-state index in [-0.39, 0.29) is 29.0 Å². The smallest absolute Gasteiger partial charge is 0.408 e. The molecular weight excluding hydrogens is 582 g/mol. The number of nitrogens with zero attached hydrogens (tertiary/aromatic N) is 1. The molecule has 15 heteroatoms. The molecule has 1 heterocycles. The number of hydrogen-bond acceptors (Lipinski definition) is 7. The number of alkyl halides is 3. The lowest BCUT2D eigenvalue weighted by Crippen LogP contribution is -2.50. The number of ether oxygens (including phenoxy) is 1. The predicted molar refractivity (Wildman–Crippen MR) is 136 cm³/mol. The standard InChI is InChI=1S/C24H24ClF4N3O4S.CO2/c1-23(2,3)36-22(35)31-17-11-37-19-9-16(26)15(20(33)30-12-24(27,28)29)8-18(19)32(21(17)34)10-13-4-6-14(25)7-5-13;2-1-3/h4-9,17H,10-12H2,1-3H3,(H,30,33)(H,31,35);/t17-;/m0./s1. The summed E-state index contributed by atoms with van der Waals surface area (Å²) in [5.41, 5.74) is -0.745. The van der Waals surface area contributed by atoms with Crippen molar-refractivity contribution in [1.29, 1.82) is 0 Å². The topological polar surface area (TPSA) is 122 Å². The Kier molecular flexibility index (Phi) is 11.1. The van der Waals surface area contributed by atoms with Crippen LogP contribution in [0.15, 0.2) is 41.3 Å². The zero-order chi connectivity index (χ0) is 30.3. The summed E-state index contributed by atoms with van der Waals surface area (Å²) >= 11 is 6.99. The van der Waals surface area contributed by atoms with Crippen LogP contribution in [0.1, 0.15) is 36.7 Å². The molecule has 216 valence electrons. The molecule has 0 aliphatic carbocycles. The van der Waals surface area contributed by atoms with E-state index in [0.29, 0.717) is 10.6 Å². The second-order valence-electron chi connectivity index (χ2n) is 9.24. The van der Waals surface area contributed by atoms with Crippen molar-refractivity contribution in [3.05, 3.63) is 58.4 Å². The first-order chi connectivity index (χ1) is 18.5. The fraction of sp³-hybridized carbons (Fsp3) is 0.360. The molecule has 0 saturated heterocycles. The van der Waals surface area contributed by atoms with Crippen LogP contribution in [0.3, 0.4) is 0 Å². The Morgan fingerprint density at radius 1 is 1.15 bits per heavy atom. The molecule has 0 radical (unpaired) electrons. The number of carbonyl (C=O) groups is 3. The van der Waals surface area contributed by atoms with Gasteiger partial charge >= 0.3 is 18.4 Å². The molecule has 2 aromatic rings. The van der Waals surface area contributed by atoms with Crippen molar-refractivity contribution in [2.24, 2.45) is 0 Å². The van der Waals surface area contributed by atoms with E-state index >= 15 is 0 Å². The first-order valence-corrected chi connectivity index (χ1v) is 12.8. The monoisotopic (exact) mass is 605 g/mol. The molecule has 40 heavy (non-hydrogen) atoms. The zero-order valence-corrected chi connectivity index (χ0v) is 22.9. The summed E-state index contributed by atoms with van der Waals surface area (Å²) in [6.45, 7) is 3.28. The fourth-order valence-electron chi connectivity index (χ4n) is 3.36. The molecule has 0 aromatic heterocycles. The third-order valence-corrected chi connectivity index (χ3v) is 6.34. The largest absolute Gasteiger partial charge is 0.444 e. The summed E-state index contributed by atoms with van der Waals surface area (Å²) in [5.74, 6) is -2.90. The quantitative estimate of drug-likeness (QED) is 0.473. The lowest BCUT2D eigenvalue weighted by atomic mass is 10.1. The van der Waals surface area contributed by atoms with E-state index in [0.717, 1.165) is 23.9 Å². The van der Waals surface area contributed by atoms with Crippen LogP contribution >= 0.6 is 23.4 Å². The summed E-state index contributed by atoms with van der Waals surface area (Å²) in [6.07, 6.45) is -5.27. The maximum absolute atomic E-state index is 14.8. The first kappa shape index (κ1) is 32.6. The molecule has 0 fully saturated rings. The van der Waals surface area contributed by atoms with Crippen molar-refractivity contribution in [2.75, 3.05) is 17.2 Å². The molecule has 2 aromatic carbocycles. The van der Waals surface area contributed by atoms with Crippen molar-refractivity contribution in [3.63, 3.8) is 0 Å². The Hall–Kier alpha value is -3.61. The highest BCUT2D eigenvalue weighted by Crippen LogP contribution is 2.37. The molecule has 1 aliphatic rings. The summed E-state index contributed by atoms with van der Waals surface area (Å²) in [5, 5.41) is 4.62. The maximum atomic E-state index is 14.8. The fourth-order valence-corrected chi connectivity index (χ4v) is 4.56. The molecule has 0 spiro atoms. The molecule has 9 nitrogen and oxygen atoms in total. The number of anilines is 1. The summed E-state index contributed by atoms with van der Waals surface area (Å²) in [6, 6.07) is 7.46. The number of halogens is 5. The van der Waals surface area contributed by atoms with E-state index in [9.17, 15) is 31.9 Å². The molecule has 3 rings (SSSR count). The highest BCUT2D eigenvalue weighted by molar-refractivity contribution is 7.99. The SMILES string of the molecule is CC(C)(C)OC(=O)N[C@H]1CSc2cc(F)c(C(=O)NCC(F)(F)F)cc2N(Cc2ccc(Cl)cc2)C1=O.O=C=O. The van der Waals surface area contributed by atoms with Crippen LogP contribution < -0.4 is 15.5 Å². The van der Waals surface area contributed by atoms with Gasteiger partial charge in [-0.1, -0.05) is 23.7 Å². The van der Waals surface area contributed by atoms with Crippen molar-refractivity contribution in [2.45, 2.75) is 50.0 Å². The van der Waals surface area contributed by atoms with E-state index in [1.54, 1.807) is 50.4 Å². The van der Waals surface area contributed by atoms with E-state index in [2.05, 4.69) is 5.32 Å². The van der Waals surface area contributed by atoms with Crippen LogP contribution in [-0.2, 0) is 25.7 Å². The minimum atomic E-state index is -4.69. The number of alkyl carbamates (subject to hydrolysis) is 1. The van der Waals surface area contributed by atoms with Gasteiger partial charge in [0.25, 0.3) is 11.8 Å². The Morgan fingerprint density at radius 2 is 1.75 bits per heavy atom. The number of carbonyl (C=O) groups excluding carboxylic acids is 5. The van der Waals surface area contributed by atoms with Crippen LogP contribution in [0, 0.1) is 5.82 Å². The average Bonchev–Trinajstić information content (AvgIpc) is 2.94. The van der Waals surface area contributed by atoms with Gasteiger partial charge in [-0.15, -0.1) is 11.8 Å². The highest BCUT2D eigenvalue weighted by Gasteiger charge is 2.35. The zero-order valence-electron chi connectivity index (χ0n) is 21.4. The number of thioether (sulfide) groups is 1. The van der Waals surface area contributed by atoms with E-state index in [4.69, 9.17) is 25.9 Å². The van der Waals surface area contributed by atoms with Gasteiger partial charge in [0.15, 0.2) is 0 Å². The highest BCUT2D eigenvalue weighted by atomic mass is 35.5. The molecule has 0 unspecified atom stereocenters. The van der Waals surface area contributed by atoms with Gasteiger partial charge in [0, 0.05) is 15.7 Å². The number of nitrogens with one attached hydrogen (secondary N) is 2. The summed E-state index contributed by atoms with van der Waals surface area (Å²) in [7, 11) is 0. The van der Waals surface area contributed by atoms with Gasteiger partial charge in [-0.05, 0) is 50.6 Å². The Labute approximate surface area is 235 Å². The molecule has 2 N–H and O–H groups in total. The second kappa shape index (κ2) is 13.6. The lowest BCUT2D eigenvalue weighted by molar-refractivity contribution is -0.191. The summed E-state index contributed by atoms with van der Waals surface area (Å²) in [4.78, 5) is 56.1. The van der Waals surface area contributed by atoms with Crippen molar-refractivity contribution < 1.29 is 46.3 Å². The van der Waals surface area contributed by atoms with E-state index in [1.807, 2.05) is 0 Å². The third kappa shape index (κ3) is 9.85. The minimum Gasteiger partial charge on any atom is -0.444 e. The number of hydrogen-bond donors (Lipinski definition) is 2. The Morgan fingerprint density at radius 3 is 2.30 bits per heavy atom. The van der Waals surface area contributed by atoms with Crippen LogP contribution in [0.4, 0.5) is 28.0 Å². The second-order valence-corrected chi connectivity index (χ2v) is 10.7. The Balaban J connectivity index is 0.00000178. The van der Waals surface area contributed by atoms with Gasteiger partial charge in [-0.3, -0.25) is 9.59 Å². The number of fused-ring (bicyclic) bond motifs is 1. The van der Waals surface area contributed by atoms with Crippen LogP contribution in [0.5, 0.6) is 0 Å². The van der Waals surface area contributed by atoms with Crippen molar-refractivity contribution in [1.82, 2.24) is 10.6 Å². The van der Waals surface area contributed by atoms with Gasteiger partial charge in [0.05, 0.1) is 17.8 Å². The maximum Gasteiger partial charge on any atom is 0.408 e. The average molecular weight is 606 g/mol. The molecule has 1 aliphatic heterocycles. The van der Waals surface area contributed by atoms with E-state index in [1.165, 1.54) is 4.90 Å². The first-order valence-electron chi connectivity index (χ1n) is 11.4. The Bertz CT molecular complexity index is 1280. The van der Waals surface area contributed by atoms with Gasteiger partial charge in [0.1, 0.15) is 24.0 Å². The van der Waals surface area contributed by atoms with Gasteiger partial charge in [-0.25, -0.2) is 9.18 Å². The number of amides is 3.